The van der Waals surface area contributed by atoms with Gasteiger partial charge in [-0.15, -0.1) is 0 Å². The summed E-state index contributed by atoms with van der Waals surface area (Å²) in [5.74, 6) is 1.39. The molecule has 1 saturated heterocycles. The van der Waals surface area contributed by atoms with Gasteiger partial charge < -0.3 is 14.1 Å². The predicted molar refractivity (Wildman–Crippen MR) is 90.0 cm³/mol. The average molecular weight is 322 g/mol. The SMILES string of the molecule is CC(C)CN(Cc1ccco1)C(=O)C[C@@H]1CN(C(C)C)CCO1. The summed E-state index contributed by atoms with van der Waals surface area (Å²) < 4.78 is 11.2. The first-order chi connectivity index (χ1) is 11.0. The van der Waals surface area contributed by atoms with E-state index in [-0.39, 0.29) is 12.0 Å². The minimum absolute atomic E-state index is 0.00934. The molecular formula is C18H30N2O3. The molecule has 0 aromatic carbocycles. The van der Waals surface area contributed by atoms with Crippen molar-refractivity contribution in [3.63, 3.8) is 0 Å². The molecule has 1 aromatic rings. The Hall–Kier alpha value is -1.33. The molecule has 0 saturated carbocycles. The van der Waals surface area contributed by atoms with E-state index in [9.17, 15) is 4.79 Å². The van der Waals surface area contributed by atoms with E-state index in [1.165, 1.54) is 0 Å². The van der Waals surface area contributed by atoms with Crippen molar-refractivity contribution in [1.82, 2.24) is 9.80 Å². The van der Waals surface area contributed by atoms with Gasteiger partial charge in [-0.2, -0.15) is 0 Å². The van der Waals surface area contributed by atoms with Gasteiger partial charge in [-0.05, 0) is 31.9 Å². The molecule has 5 nitrogen and oxygen atoms in total. The smallest absolute Gasteiger partial charge is 0.225 e. The summed E-state index contributed by atoms with van der Waals surface area (Å²) in [6.07, 6.45) is 2.08. The van der Waals surface area contributed by atoms with E-state index in [2.05, 4.69) is 32.6 Å². The minimum atomic E-state index is -0.00934. The summed E-state index contributed by atoms with van der Waals surface area (Å²) in [7, 11) is 0. The van der Waals surface area contributed by atoms with Crippen LogP contribution in [-0.2, 0) is 16.1 Å². The third kappa shape index (κ3) is 5.66. The third-order valence-electron chi connectivity index (χ3n) is 4.17. The molecular weight excluding hydrogens is 292 g/mol. The molecule has 2 rings (SSSR count). The normalized spacial score (nSPS) is 19.5. The van der Waals surface area contributed by atoms with Gasteiger partial charge in [-0.25, -0.2) is 0 Å². The number of ether oxygens (including phenoxy) is 1. The van der Waals surface area contributed by atoms with Crippen molar-refractivity contribution in [2.24, 2.45) is 5.92 Å². The van der Waals surface area contributed by atoms with Gasteiger partial charge in [0.25, 0.3) is 0 Å². The van der Waals surface area contributed by atoms with E-state index in [4.69, 9.17) is 9.15 Å². The molecule has 1 amide bonds. The summed E-state index contributed by atoms with van der Waals surface area (Å²) in [6.45, 7) is 12.4. The Kier molecular flexibility index (Phi) is 6.66. The Balaban J connectivity index is 1.93. The number of nitrogens with zero attached hydrogens (tertiary/aromatic N) is 2. The van der Waals surface area contributed by atoms with Crippen molar-refractivity contribution < 1.29 is 13.9 Å². The van der Waals surface area contributed by atoms with Crippen LogP contribution in [0.1, 0.15) is 39.9 Å². The molecule has 0 unspecified atom stereocenters. The van der Waals surface area contributed by atoms with Crippen molar-refractivity contribution in [3.8, 4) is 0 Å². The Morgan fingerprint density at radius 1 is 1.39 bits per heavy atom. The zero-order valence-corrected chi connectivity index (χ0v) is 14.8. The van der Waals surface area contributed by atoms with Gasteiger partial charge in [0.05, 0.1) is 31.9 Å². The fraction of sp³-hybridized carbons (Fsp3) is 0.722. The topological polar surface area (TPSA) is 45.9 Å². The largest absolute Gasteiger partial charge is 0.467 e. The Morgan fingerprint density at radius 2 is 2.17 bits per heavy atom. The molecule has 0 bridgehead atoms. The lowest BCUT2D eigenvalue weighted by molar-refractivity contribution is -0.138. The standard InChI is InChI=1S/C18H30N2O3/c1-14(2)11-20(12-16-6-5-8-22-16)18(21)10-17-13-19(15(3)4)7-9-23-17/h5-6,8,14-15,17H,7,9-13H2,1-4H3/t17-/m1/s1. The van der Waals surface area contributed by atoms with Crippen LogP contribution in [0.2, 0.25) is 0 Å². The summed E-state index contributed by atoms with van der Waals surface area (Å²) >= 11 is 0. The number of morpholine rings is 1. The number of furan rings is 1. The molecule has 5 heteroatoms. The first-order valence-corrected chi connectivity index (χ1v) is 8.61. The number of carbonyl (C=O) groups excluding carboxylic acids is 1. The number of rotatable bonds is 7. The van der Waals surface area contributed by atoms with E-state index < -0.39 is 0 Å². The number of hydrogen-bond donors (Lipinski definition) is 0. The second-order valence-electron chi connectivity index (χ2n) is 7.03. The summed E-state index contributed by atoms with van der Waals surface area (Å²) in [5.41, 5.74) is 0. The van der Waals surface area contributed by atoms with Crippen LogP contribution in [-0.4, -0.2) is 54.1 Å². The Labute approximate surface area is 139 Å². The fourth-order valence-electron chi connectivity index (χ4n) is 2.94. The van der Waals surface area contributed by atoms with E-state index in [1.807, 2.05) is 17.0 Å². The molecule has 0 spiro atoms. The third-order valence-corrected chi connectivity index (χ3v) is 4.17. The van der Waals surface area contributed by atoms with Crippen molar-refractivity contribution in [2.45, 2.75) is 52.8 Å². The lowest BCUT2D eigenvalue weighted by Crippen LogP contribution is -2.47. The van der Waals surface area contributed by atoms with Gasteiger partial charge in [-0.1, -0.05) is 13.8 Å². The van der Waals surface area contributed by atoms with Crippen LogP contribution in [0.15, 0.2) is 22.8 Å². The van der Waals surface area contributed by atoms with Crippen LogP contribution < -0.4 is 0 Å². The second-order valence-corrected chi connectivity index (χ2v) is 7.03. The summed E-state index contributed by atoms with van der Waals surface area (Å²) in [4.78, 5) is 17.0. The number of hydrogen-bond acceptors (Lipinski definition) is 4. The van der Waals surface area contributed by atoms with Gasteiger partial charge in [0, 0.05) is 25.7 Å². The monoisotopic (exact) mass is 322 g/mol. The molecule has 23 heavy (non-hydrogen) atoms. The maximum absolute atomic E-state index is 12.7. The minimum Gasteiger partial charge on any atom is -0.467 e. The van der Waals surface area contributed by atoms with Crippen LogP contribution in [0, 0.1) is 5.92 Å². The Bertz CT molecular complexity index is 471. The van der Waals surface area contributed by atoms with Gasteiger partial charge in [-0.3, -0.25) is 9.69 Å². The lowest BCUT2D eigenvalue weighted by atomic mass is 10.1. The second kappa shape index (κ2) is 8.50. The van der Waals surface area contributed by atoms with E-state index in [1.54, 1.807) is 6.26 Å². The van der Waals surface area contributed by atoms with Crippen molar-refractivity contribution >= 4 is 5.91 Å². The maximum Gasteiger partial charge on any atom is 0.225 e. The molecule has 1 aliphatic heterocycles. The predicted octanol–water partition coefficient (Wildman–Crippen LogP) is 2.76. The molecule has 1 atom stereocenters. The van der Waals surface area contributed by atoms with Crippen molar-refractivity contribution in [2.75, 3.05) is 26.2 Å². The van der Waals surface area contributed by atoms with Gasteiger partial charge in [0.15, 0.2) is 0 Å². The highest BCUT2D eigenvalue weighted by Crippen LogP contribution is 2.15. The molecule has 1 aromatic heterocycles. The van der Waals surface area contributed by atoms with Crippen molar-refractivity contribution in [3.05, 3.63) is 24.2 Å². The zero-order valence-electron chi connectivity index (χ0n) is 14.8. The van der Waals surface area contributed by atoms with E-state index in [0.29, 0.717) is 31.5 Å². The first-order valence-electron chi connectivity index (χ1n) is 8.61. The zero-order chi connectivity index (χ0) is 16.8. The highest BCUT2D eigenvalue weighted by molar-refractivity contribution is 5.76. The fourth-order valence-corrected chi connectivity index (χ4v) is 2.94. The maximum atomic E-state index is 12.7. The molecule has 0 radical (unpaired) electrons. The van der Waals surface area contributed by atoms with E-state index in [0.717, 1.165) is 25.4 Å². The van der Waals surface area contributed by atoms with Gasteiger partial charge >= 0.3 is 0 Å². The van der Waals surface area contributed by atoms with Crippen LogP contribution >= 0.6 is 0 Å². The van der Waals surface area contributed by atoms with Crippen LogP contribution in [0.5, 0.6) is 0 Å². The van der Waals surface area contributed by atoms with Crippen LogP contribution in [0.4, 0.5) is 0 Å². The highest BCUT2D eigenvalue weighted by atomic mass is 16.5. The number of carbonyl (C=O) groups is 1. The molecule has 0 aliphatic carbocycles. The molecule has 2 heterocycles. The summed E-state index contributed by atoms with van der Waals surface area (Å²) in [5, 5.41) is 0. The van der Waals surface area contributed by atoms with Crippen LogP contribution in [0.25, 0.3) is 0 Å². The molecule has 130 valence electrons. The summed E-state index contributed by atoms with van der Waals surface area (Å²) in [6, 6.07) is 4.27. The van der Waals surface area contributed by atoms with E-state index >= 15 is 0 Å². The van der Waals surface area contributed by atoms with Gasteiger partial charge in [0.1, 0.15) is 5.76 Å². The Morgan fingerprint density at radius 3 is 2.78 bits per heavy atom. The first kappa shape index (κ1) is 18.0. The quantitative estimate of drug-likeness (QED) is 0.774. The molecule has 1 fully saturated rings. The number of amides is 1. The van der Waals surface area contributed by atoms with Gasteiger partial charge in [0.2, 0.25) is 5.91 Å². The van der Waals surface area contributed by atoms with Crippen LogP contribution in [0.3, 0.4) is 0 Å². The van der Waals surface area contributed by atoms with Crippen molar-refractivity contribution in [1.29, 1.82) is 0 Å². The molecule has 1 aliphatic rings. The lowest BCUT2D eigenvalue weighted by Gasteiger charge is -2.36. The average Bonchev–Trinajstić information content (AvgIpc) is 2.99. The highest BCUT2D eigenvalue weighted by Gasteiger charge is 2.26. The molecule has 0 N–H and O–H groups in total.